The van der Waals surface area contributed by atoms with E-state index in [1.54, 1.807) is 6.07 Å². The molecule has 0 amide bonds. The summed E-state index contributed by atoms with van der Waals surface area (Å²) in [6.45, 7) is 7.73. The standard InChI is InChI=1S/C21H20O4/c1-12-5-6-17-16(10-19(22)25-18(17)9-12)11-24-21(23)20-14(3)7-13(2)8-15(20)4/h5-10H,11H2,1-4H3. The van der Waals surface area contributed by atoms with Gasteiger partial charge in [0.2, 0.25) is 0 Å². The van der Waals surface area contributed by atoms with Crippen molar-refractivity contribution in [2.24, 2.45) is 0 Å². The number of carbonyl (C=O) groups is 1. The lowest BCUT2D eigenvalue weighted by molar-refractivity contribution is 0.0472. The van der Waals surface area contributed by atoms with Crippen molar-refractivity contribution in [2.75, 3.05) is 0 Å². The summed E-state index contributed by atoms with van der Waals surface area (Å²) in [5, 5.41) is 0.773. The third-order valence-corrected chi connectivity index (χ3v) is 4.23. The largest absolute Gasteiger partial charge is 0.457 e. The molecule has 3 aromatic rings. The van der Waals surface area contributed by atoms with Gasteiger partial charge in [-0.15, -0.1) is 0 Å². The molecule has 128 valence electrons. The van der Waals surface area contributed by atoms with Gasteiger partial charge in [-0.1, -0.05) is 29.8 Å². The van der Waals surface area contributed by atoms with Crippen molar-refractivity contribution in [1.82, 2.24) is 0 Å². The molecule has 0 saturated carbocycles. The van der Waals surface area contributed by atoms with E-state index in [0.29, 0.717) is 16.7 Å². The predicted molar refractivity (Wildman–Crippen MR) is 97.0 cm³/mol. The van der Waals surface area contributed by atoms with Crippen molar-refractivity contribution in [3.63, 3.8) is 0 Å². The highest BCUT2D eigenvalue weighted by Crippen LogP contribution is 2.21. The molecule has 4 heteroatoms. The van der Waals surface area contributed by atoms with Gasteiger partial charge in [-0.05, 0) is 50.5 Å². The second kappa shape index (κ2) is 6.55. The van der Waals surface area contributed by atoms with Crippen LogP contribution in [0.25, 0.3) is 11.0 Å². The lowest BCUT2D eigenvalue weighted by Crippen LogP contribution is -2.11. The van der Waals surface area contributed by atoms with E-state index in [9.17, 15) is 9.59 Å². The molecule has 0 N–H and O–H groups in total. The highest BCUT2D eigenvalue weighted by atomic mass is 16.5. The summed E-state index contributed by atoms with van der Waals surface area (Å²) in [6, 6.07) is 10.9. The van der Waals surface area contributed by atoms with E-state index in [2.05, 4.69) is 0 Å². The predicted octanol–water partition coefficient (Wildman–Crippen LogP) is 4.38. The fraction of sp³-hybridized carbons (Fsp3) is 0.238. The number of aryl methyl sites for hydroxylation is 4. The van der Waals surface area contributed by atoms with Crippen molar-refractivity contribution in [1.29, 1.82) is 0 Å². The van der Waals surface area contributed by atoms with Gasteiger partial charge in [-0.3, -0.25) is 0 Å². The number of ether oxygens (including phenoxy) is 1. The molecular formula is C21H20O4. The van der Waals surface area contributed by atoms with Gasteiger partial charge in [-0.25, -0.2) is 9.59 Å². The molecular weight excluding hydrogens is 316 g/mol. The molecule has 0 spiro atoms. The first-order valence-corrected chi connectivity index (χ1v) is 8.13. The zero-order valence-corrected chi connectivity index (χ0v) is 14.8. The Labute approximate surface area is 146 Å². The molecule has 0 unspecified atom stereocenters. The summed E-state index contributed by atoms with van der Waals surface area (Å²) < 4.78 is 10.7. The topological polar surface area (TPSA) is 56.5 Å². The summed E-state index contributed by atoms with van der Waals surface area (Å²) in [5.74, 6) is -0.386. The minimum atomic E-state index is -0.452. The van der Waals surface area contributed by atoms with E-state index in [-0.39, 0.29) is 12.6 Å². The summed E-state index contributed by atoms with van der Waals surface area (Å²) in [6.07, 6.45) is 0. The van der Waals surface area contributed by atoms with Gasteiger partial charge in [0.25, 0.3) is 0 Å². The van der Waals surface area contributed by atoms with E-state index in [1.807, 2.05) is 52.0 Å². The number of rotatable bonds is 3. The van der Waals surface area contributed by atoms with Crippen LogP contribution in [-0.2, 0) is 11.3 Å². The molecule has 2 aromatic carbocycles. The van der Waals surface area contributed by atoms with Gasteiger partial charge in [0.15, 0.2) is 0 Å². The number of esters is 1. The van der Waals surface area contributed by atoms with Gasteiger partial charge < -0.3 is 9.15 Å². The average Bonchev–Trinajstić information content (AvgIpc) is 2.50. The first kappa shape index (κ1) is 17.0. The summed E-state index contributed by atoms with van der Waals surface area (Å²) in [5.41, 5.74) is 5.14. The molecule has 0 radical (unpaired) electrons. The van der Waals surface area contributed by atoms with Crippen molar-refractivity contribution in [3.05, 3.63) is 80.2 Å². The molecule has 0 atom stereocenters. The summed E-state index contributed by atoms with van der Waals surface area (Å²) in [4.78, 5) is 24.3. The van der Waals surface area contributed by atoms with Crippen LogP contribution in [0.1, 0.15) is 38.2 Å². The number of fused-ring (bicyclic) bond motifs is 1. The fourth-order valence-electron chi connectivity index (χ4n) is 3.17. The highest BCUT2D eigenvalue weighted by Gasteiger charge is 2.15. The molecule has 1 aromatic heterocycles. The Balaban J connectivity index is 1.91. The lowest BCUT2D eigenvalue weighted by Gasteiger charge is -2.12. The van der Waals surface area contributed by atoms with E-state index in [1.165, 1.54) is 6.07 Å². The van der Waals surface area contributed by atoms with E-state index in [0.717, 1.165) is 27.6 Å². The maximum Gasteiger partial charge on any atom is 0.339 e. The van der Waals surface area contributed by atoms with Gasteiger partial charge in [-0.2, -0.15) is 0 Å². The molecule has 0 aliphatic rings. The van der Waals surface area contributed by atoms with Crippen molar-refractivity contribution in [2.45, 2.75) is 34.3 Å². The third kappa shape index (κ3) is 3.48. The first-order chi connectivity index (χ1) is 11.8. The molecule has 0 bridgehead atoms. The number of benzene rings is 2. The number of carbonyl (C=O) groups excluding carboxylic acids is 1. The van der Waals surface area contributed by atoms with E-state index >= 15 is 0 Å². The third-order valence-electron chi connectivity index (χ3n) is 4.23. The first-order valence-electron chi connectivity index (χ1n) is 8.13. The zero-order valence-electron chi connectivity index (χ0n) is 14.8. The van der Waals surface area contributed by atoms with Crippen LogP contribution in [0.15, 0.2) is 45.6 Å². The van der Waals surface area contributed by atoms with Crippen LogP contribution in [0.5, 0.6) is 0 Å². The quantitative estimate of drug-likeness (QED) is 0.526. The Morgan fingerprint density at radius 2 is 1.64 bits per heavy atom. The zero-order chi connectivity index (χ0) is 18.1. The molecule has 0 aliphatic heterocycles. The summed E-state index contributed by atoms with van der Waals surface area (Å²) >= 11 is 0. The van der Waals surface area contributed by atoms with Crippen LogP contribution < -0.4 is 5.63 Å². The fourth-order valence-corrected chi connectivity index (χ4v) is 3.17. The maximum atomic E-state index is 12.5. The SMILES string of the molecule is Cc1cc(C)c(C(=O)OCc2cc(=O)oc3cc(C)ccc23)c(C)c1. The van der Waals surface area contributed by atoms with Crippen LogP contribution in [0.4, 0.5) is 0 Å². The highest BCUT2D eigenvalue weighted by molar-refractivity contribution is 5.93. The average molecular weight is 336 g/mol. The van der Waals surface area contributed by atoms with Gasteiger partial charge in [0.05, 0.1) is 5.56 Å². The minimum Gasteiger partial charge on any atom is -0.457 e. The van der Waals surface area contributed by atoms with Crippen LogP contribution in [-0.4, -0.2) is 5.97 Å². The smallest absolute Gasteiger partial charge is 0.339 e. The molecule has 0 aliphatic carbocycles. The van der Waals surface area contributed by atoms with Gasteiger partial charge in [0.1, 0.15) is 12.2 Å². The van der Waals surface area contributed by atoms with Crippen LogP contribution in [0.3, 0.4) is 0 Å². The van der Waals surface area contributed by atoms with E-state index < -0.39 is 5.63 Å². The van der Waals surface area contributed by atoms with Gasteiger partial charge in [0, 0.05) is 17.0 Å². The number of hydrogen-bond acceptors (Lipinski definition) is 4. The normalized spacial score (nSPS) is 10.9. The Morgan fingerprint density at radius 1 is 0.960 bits per heavy atom. The molecule has 0 fully saturated rings. The van der Waals surface area contributed by atoms with E-state index in [4.69, 9.17) is 9.15 Å². The summed E-state index contributed by atoms with van der Waals surface area (Å²) in [7, 11) is 0. The maximum absolute atomic E-state index is 12.5. The van der Waals surface area contributed by atoms with Crippen molar-refractivity contribution >= 4 is 16.9 Å². The molecule has 0 saturated heterocycles. The Morgan fingerprint density at radius 3 is 2.32 bits per heavy atom. The molecule has 4 nitrogen and oxygen atoms in total. The Bertz CT molecular complexity index is 1000. The second-order valence-corrected chi connectivity index (χ2v) is 6.44. The monoisotopic (exact) mass is 336 g/mol. The second-order valence-electron chi connectivity index (χ2n) is 6.44. The minimum absolute atomic E-state index is 0.0246. The van der Waals surface area contributed by atoms with Crippen molar-refractivity contribution in [3.8, 4) is 0 Å². The molecule has 25 heavy (non-hydrogen) atoms. The van der Waals surface area contributed by atoms with Crippen LogP contribution in [0.2, 0.25) is 0 Å². The van der Waals surface area contributed by atoms with Crippen molar-refractivity contribution < 1.29 is 13.9 Å². The Kier molecular flexibility index (Phi) is 4.45. The van der Waals surface area contributed by atoms with Gasteiger partial charge >= 0.3 is 11.6 Å². The van der Waals surface area contributed by atoms with Crippen LogP contribution >= 0.6 is 0 Å². The lowest BCUT2D eigenvalue weighted by atomic mass is 10.00. The molecule has 3 rings (SSSR count). The van der Waals surface area contributed by atoms with Crippen LogP contribution in [0, 0.1) is 27.7 Å². The molecule has 1 heterocycles. The number of hydrogen-bond donors (Lipinski definition) is 0. The Hall–Kier alpha value is -2.88.